The van der Waals surface area contributed by atoms with E-state index in [1.807, 2.05) is 0 Å². The lowest BCUT2D eigenvalue weighted by atomic mass is 10.1. The summed E-state index contributed by atoms with van der Waals surface area (Å²) in [6.45, 7) is 14.5. The van der Waals surface area contributed by atoms with Gasteiger partial charge >= 0.3 is 11.7 Å². The van der Waals surface area contributed by atoms with Gasteiger partial charge in [-0.1, -0.05) is 18.1 Å². The predicted molar refractivity (Wildman–Crippen MR) is 130 cm³/mol. The highest BCUT2D eigenvalue weighted by atomic mass is 32.2. The molecule has 198 valence electrons. The Hall–Kier alpha value is -5.67. The lowest BCUT2D eigenvalue weighted by Crippen LogP contribution is -2.09. The normalized spacial score (nSPS) is 13.1. The van der Waals surface area contributed by atoms with Crippen LogP contribution in [0.3, 0.4) is 0 Å². The van der Waals surface area contributed by atoms with E-state index in [1.165, 1.54) is 12.1 Å². The maximum absolute atomic E-state index is 14.6. The second-order valence-corrected chi connectivity index (χ2v) is 10.8. The molecule has 0 amide bonds. The van der Waals surface area contributed by atoms with Crippen molar-refractivity contribution in [3.63, 3.8) is 0 Å². The average Bonchev–Trinajstić information content (AvgIpc) is 3.69. The van der Waals surface area contributed by atoms with Gasteiger partial charge in [0.2, 0.25) is 9.84 Å². The Kier molecular flexibility index (Phi) is 4.58. The van der Waals surface area contributed by atoms with Gasteiger partial charge in [0.05, 0.1) is 26.5 Å². The summed E-state index contributed by atoms with van der Waals surface area (Å²) in [6.07, 6.45) is 0. The quantitative estimate of drug-likeness (QED) is 0.124. The minimum Gasteiger partial charge on any atom is -0.372 e. The summed E-state index contributed by atoms with van der Waals surface area (Å²) in [5, 5.41) is 0. The number of carbonyl (C=O) groups is 2. The van der Waals surface area contributed by atoms with Crippen molar-refractivity contribution in [3.05, 3.63) is 93.6 Å². The van der Waals surface area contributed by atoms with Crippen LogP contribution in [0, 0.1) is 36.4 Å². The molecule has 0 spiro atoms. The maximum Gasteiger partial charge on any atom is 0.333 e. The molecule has 0 aliphatic carbocycles. The molecule has 0 bridgehead atoms. The minimum atomic E-state index is -4.39. The number of nitrogens with zero attached hydrogens (tertiary/aromatic N) is 6. The summed E-state index contributed by atoms with van der Waals surface area (Å²) in [5.41, 5.74) is -2.05. The number of benzene rings is 3. The summed E-state index contributed by atoms with van der Waals surface area (Å²) < 4.78 is 85.3. The molecule has 10 nitrogen and oxygen atoms in total. The molecule has 3 aromatic carbocycles. The van der Waals surface area contributed by atoms with Gasteiger partial charge in [0.15, 0.2) is 23.3 Å². The van der Waals surface area contributed by atoms with E-state index in [4.69, 9.17) is 13.1 Å². The van der Waals surface area contributed by atoms with Gasteiger partial charge in [-0.3, -0.25) is 9.36 Å². The van der Waals surface area contributed by atoms with E-state index in [0.29, 0.717) is 4.57 Å². The average molecular weight is 574 g/mol. The van der Waals surface area contributed by atoms with Crippen molar-refractivity contribution in [2.75, 3.05) is 0 Å². The Bertz CT molecular complexity index is 2340. The molecule has 15 heteroatoms. The third-order valence-corrected chi connectivity index (χ3v) is 8.62. The molecule has 0 fully saturated rings. The Labute approximate surface area is 225 Å². The zero-order valence-electron chi connectivity index (χ0n) is 19.7. The van der Waals surface area contributed by atoms with Gasteiger partial charge in [0.25, 0.3) is 17.5 Å². The number of aromatic nitrogens is 4. The van der Waals surface area contributed by atoms with E-state index in [0.717, 1.165) is 28.8 Å². The smallest absolute Gasteiger partial charge is 0.333 e. The van der Waals surface area contributed by atoms with Crippen LogP contribution in [0.5, 0.6) is 0 Å². The standard InChI is InChI=1S/C26H6F4N6O4S/c1-31-21-24(32-2)36-22(34-21)11-5-3-10(8-14(11)26(36)38)41(39,40)9-4-6-12-13(7-9)23-33-19-17(29)15(27)16(28)18(30)20(19)35(23)25(12)37/h3-8H. The number of sulfone groups is 1. The monoisotopic (exact) mass is 574 g/mol. The molecule has 2 aliphatic heterocycles. The molecule has 0 unspecified atom stereocenters. The molecule has 7 rings (SSSR count). The SMILES string of the molecule is [C-]#[N+]c1nc2n(c1[N+]#[C-])C(=O)c1cc(S(=O)(=O)c3ccc4c(c3)-c3nc5c(F)c(F)c(F)c(F)c5n3C4=O)ccc1-2. The van der Waals surface area contributed by atoms with Gasteiger partial charge in [-0.25, -0.2) is 35.8 Å². The molecule has 0 radical (unpaired) electrons. The number of imidazole rings is 2. The van der Waals surface area contributed by atoms with Crippen LogP contribution in [-0.2, 0) is 9.84 Å². The Morgan fingerprint density at radius 1 is 0.683 bits per heavy atom. The number of rotatable bonds is 2. The highest BCUT2D eigenvalue weighted by Gasteiger charge is 2.40. The van der Waals surface area contributed by atoms with E-state index >= 15 is 0 Å². The highest BCUT2D eigenvalue weighted by molar-refractivity contribution is 7.91. The van der Waals surface area contributed by atoms with Gasteiger partial charge in [-0.2, -0.15) is 4.57 Å². The van der Waals surface area contributed by atoms with Gasteiger partial charge < -0.3 is 9.69 Å². The second-order valence-electron chi connectivity index (χ2n) is 8.89. The van der Waals surface area contributed by atoms with Crippen molar-refractivity contribution >= 4 is 44.3 Å². The molecule has 2 aliphatic rings. The van der Waals surface area contributed by atoms with Gasteiger partial charge in [0, 0.05) is 5.56 Å². The fraction of sp³-hybridized carbons (Fsp3) is 0. The zero-order chi connectivity index (χ0) is 29.1. The van der Waals surface area contributed by atoms with E-state index in [1.54, 1.807) is 0 Å². The fourth-order valence-electron chi connectivity index (χ4n) is 5.00. The minimum absolute atomic E-state index is 0.0215. The van der Waals surface area contributed by atoms with Gasteiger partial charge in [0.1, 0.15) is 16.9 Å². The summed E-state index contributed by atoms with van der Waals surface area (Å²) in [7, 11) is -4.39. The summed E-state index contributed by atoms with van der Waals surface area (Å²) in [4.78, 5) is 39.4. The zero-order valence-corrected chi connectivity index (χ0v) is 20.5. The highest BCUT2D eigenvalue weighted by Crippen LogP contribution is 2.43. The van der Waals surface area contributed by atoms with Crippen molar-refractivity contribution in [3.8, 4) is 22.8 Å². The van der Waals surface area contributed by atoms with Crippen molar-refractivity contribution in [1.82, 2.24) is 19.1 Å². The van der Waals surface area contributed by atoms with Gasteiger partial charge in [-0.15, -0.1) is 0 Å². The third kappa shape index (κ3) is 2.84. The van der Waals surface area contributed by atoms with Crippen LogP contribution in [0.4, 0.5) is 29.2 Å². The first-order valence-electron chi connectivity index (χ1n) is 11.3. The van der Waals surface area contributed by atoms with Crippen LogP contribution < -0.4 is 0 Å². The summed E-state index contributed by atoms with van der Waals surface area (Å²) >= 11 is 0. The number of hydrogen-bond acceptors (Lipinski definition) is 6. The van der Waals surface area contributed by atoms with Crippen molar-refractivity contribution < 1.29 is 35.6 Å². The Morgan fingerprint density at radius 2 is 1.27 bits per heavy atom. The molecule has 0 saturated heterocycles. The second kappa shape index (κ2) is 7.71. The molecular formula is C26H6F4N6O4S. The fourth-order valence-corrected chi connectivity index (χ4v) is 6.32. The van der Waals surface area contributed by atoms with E-state index < -0.39 is 61.8 Å². The summed E-state index contributed by atoms with van der Waals surface area (Å²) in [6, 6.07) is 6.79. The van der Waals surface area contributed by atoms with Crippen molar-refractivity contribution in [2.24, 2.45) is 0 Å². The van der Waals surface area contributed by atoms with Crippen LogP contribution in [0.1, 0.15) is 20.7 Å². The first kappa shape index (κ1) is 24.4. The molecule has 4 heterocycles. The number of carbonyl (C=O) groups excluding carboxylic acids is 2. The van der Waals surface area contributed by atoms with E-state index in [-0.39, 0.29) is 49.5 Å². The van der Waals surface area contributed by atoms with Crippen LogP contribution in [-0.4, -0.2) is 39.3 Å². The van der Waals surface area contributed by atoms with Crippen LogP contribution >= 0.6 is 0 Å². The number of fused-ring (bicyclic) bond motifs is 8. The summed E-state index contributed by atoms with van der Waals surface area (Å²) in [5.74, 6) is -10.6. The Morgan fingerprint density at radius 3 is 1.93 bits per heavy atom. The van der Waals surface area contributed by atoms with Crippen LogP contribution in [0.2, 0.25) is 0 Å². The van der Waals surface area contributed by atoms with E-state index in [2.05, 4.69) is 19.7 Å². The molecule has 0 atom stereocenters. The number of hydrogen-bond donors (Lipinski definition) is 0. The predicted octanol–water partition coefficient (Wildman–Crippen LogP) is 5.06. The van der Waals surface area contributed by atoms with Crippen LogP contribution in [0.15, 0.2) is 46.2 Å². The van der Waals surface area contributed by atoms with Crippen LogP contribution in [0.25, 0.3) is 43.5 Å². The number of halogens is 4. The third-order valence-electron chi connectivity index (χ3n) is 6.87. The molecule has 41 heavy (non-hydrogen) atoms. The van der Waals surface area contributed by atoms with Crippen molar-refractivity contribution in [2.45, 2.75) is 9.79 Å². The molecule has 0 N–H and O–H groups in total. The maximum atomic E-state index is 14.6. The Balaban J connectivity index is 1.36. The van der Waals surface area contributed by atoms with Gasteiger partial charge in [-0.05, 0) is 36.4 Å². The molecule has 5 aromatic rings. The first-order chi connectivity index (χ1) is 19.5. The lowest BCUT2D eigenvalue weighted by molar-refractivity contribution is 0.0963. The molecule has 0 saturated carbocycles. The largest absolute Gasteiger partial charge is 0.372 e. The lowest BCUT2D eigenvalue weighted by Gasteiger charge is -2.07. The van der Waals surface area contributed by atoms with Crippen molar-refractivity contribution in [1.29, 1.82) is 0 Å². The molecular weight excluding hydrogens is 568 g/mol. The van der Waals surface area contributed by atoms with E-state index in [9.17, 15) is 35.6 Å². The topological polar surface area (TPSA) is 113 Å². The first-order valence-corrected chi connectivity index (χ1v) is 12.7. The molecule has 2 aromatic heterocycles.